The van der Waals surface area contributed by atoms with E-state index in [1.165, 1.54) is 24.3 Å². The van der Waals surface area contributed by atoms with Gasteiger partial charge in [-0.25, -0.2) is 8.78 Å². The summed E-state index contributed by atoms with van der Waals surface area (Å²) in [6.45, 7) is 0. The zero-order valence-corrected chi connectivity index (χ0v) is 15.0. The Bertz CT molecular complexity index is 1100. The van der Waals surface area contributed by atoms with Gasteiger partial charge in [-0.1, -0.05) is 17.7 Å². The molecule has 2 aromatic carbocycles. The molecule has 10 heteroatoms. The van der Waals surface area contributed by atoms with Crippen LogP contribution in [0.1, 0.15) is 5.56 Å². The second kappa shape index (κ2) is 7.09. The number of rotatable bonds is 5. The Morgan fingerprint density at radius 3 is 2.41 bits per heavy atom. The molecule has 0 spiro atoms. The monoisotopic (exact) mass is 415 g/mol. The van der Waals surface area contributed by atoms with Crippen molar-refractivity contribution < 1.29 is 30.9 Å². The van der Waals surface area contributed by atoms with Gasteiger partial charge in [0.05, 0.1) is 0 Å². The Morgan fingerprint density at radius 1 is 1.11 bits per heavy atom. The number of anilines is 1. The number of benzene rings is 2. The van der Waals surface area contributed by atoms with E-state index in [2.05, 4.69) is 0 Å². The standard InChI is InChI=1S/C17H12ClF2NO5S/c18-11-4-2-10(3-5-11)15-14(22)16(17(21)25-15)26-27(23,24)8-9-1-6-12(19)13(20)7-9/h1-7,22H,8,21H2. The fourth-order valence-corrected chi connectivity index (χ4v) is 3.48. The zero-order chi connectivity index (χ0) is 19.8. The zero-order valence-electron chi connectivity index (χ0n) is 13.4. The maximum absolute atomic E-state index is 13.2. The summed E-state index contributed by atoms with van der Waals surface area (Å²) in [4.78, 5) is 0. The third-order valence-corrected chi connectivity index (χ3v) is 4.87. The lowest BCUT2D eigenvalue weighted by atomic mass is 10.1. The maximum atomic E-state index is 13.2. The Morgan fingerprint density at radius 2 is 1.78 bits per heavy atom. The van der Waals surface area contributed by atoms with Crippen molar-refractivity contribution in [2.75, 3.05) is 5.73 Å². The summed E-state index contributed by atoms with van der Waals surface area (Å²) in [5.74, 6) is -4.87. The summed E-state index contributed by atoms with van der Waals surface area (Å²) in [6.07, 6.45) is 0. The second-order valence-electron chi connectivity index (χ2n) is 5.51. The molecule has 0 fully saturated rings. The minimum atomic E-state index is -4.35. The molecule has 0 aliphatic rings. The van der Waals surface area contributed by atoms with Crippen LogP contribution in [0, 0.1) is 11.6 Å². The molecule has 1 aromatic heterocycles. The van der Waals surface area contributed by atoms with E-state index in [0.717, 1.165) is 18.2 Å². The van der Waals surface area contributed by atoms with Crippen molar-refractivity contribution in [3.05, 3.63) is 64.7 Å². The highest BCUT2D eigenvalue weighted by atomic mass is 35.5. The first-order valence-corrected chi connectivity index (χ1v) is 9.35. The highest BCUT2D eigenvalue weighted by Crippen LogP contribution is 2.45. The molecule has 0 aliphatic carbocycles. The van der Waals surface area contributed by atoms with Gasteiger partial charge in [-0.05, 0) is 42.0 Å². The summed E-state index contributed by atoms with van der Waals surface area (Å²) >= 11 is 5.79. The first-order chi connectivity index (χ1) is 12.7. The Kier molecular flexibility index (Phi) is 4.99. The molecule has 27 heavy (non-hydrogen) atoms. The molecule has 142 valence electrons. The largest absolute Gasteiger partial charge is 0.501 e. The van der Waals surface area contributed by atoms with Gasteiger partial charge in [0.25, 0.3) is 0 Å². The average molecular weight is 416 g/mol. The molecular weight excluding hydrogens is 404 g/mol. The number of nitrogens with two attached hydrogens (primary N) is 1. The van der Waals surface area contributed by atoms with E-state index in [4.69, 9.17) is 25.9 Å². The molecule has 3 N–H and O–H groups in total. The van der Waals surface area contributed by atoms with Crippen molar-refractivity contribution in [3.63, 3.8) is 0 Å². The highest BCUT2D eigenvalue weighted by Gasteiger charge is 2.26. The van der Waals surface area contributed by atoms with E-state index in [1.54, 1.807) is 0 Å². The smallest absolute Gasteiger partial charge is 0.313 e. The number of furan rings is 1. The van der Waals surface area contributed by atoms with Gasteiger partial charge in [0.2, 0.25) is 17.4 Å². The van der Waals surface area contributed by atoms with E-state index in [9.17, 15) is 22.3 Å². The minimum Gasteiger partial charge on any atom is -0.501 e. The fraction of sp³-hybridized carbons (Fsp3) is 0.0588. The van der Waals surface area contributed by atoms with Crippen LogP contribution in [0.4, 0.5) is 14.7 Å². The van der Waals surface area contributed by atoms with Gasteiger partial charge in [-0.3, -0.25) is 0 Å². The summed E-state index contributed by atoms with van der Waals surface area (Å²) in [5, 5.41) is 10.7. The molecule has 0 saturated carbocycles. The number of aromatic hydroxyl groups is 1. The van der Waals surface area contributed by atoms with Crippen LogP contribution in [-0.4, -0.2) is 13.5 Å². The lowest BCUT2D eigenvalue weighted by molar-refractivity contribution is 0.432. The maximum Gasteiger partial charge on any atom is 0.313 e. The molecule has 0 aliphatic heterocycles. The quantitative estimate of drug-likeness (QED) is 0.609. The Balaban J connectivity index is 1.88. The molecular formula is C17H12ClF2NO5S. The number of hydrogen-bond donors (Lipinski definition) is 2. The van der Waals surface area contributed by atoms with Crippen LogP contribution in [0.25, 0.3) is 11.3 Å². The van der Waals surface area contributed by atoms with Gasteiger partial charge >= 0.3 is 10.1 Å². The fourth-order valence-electron chi connectivity index (χ4n) is 2.29. The van der Waals surface area contributed by atoms with Crippen LogP contribution in [0.3, 0.4) is 0 Å². The van der Waals surface area contributed by atoms with Crippen molar-refractivity contribution in [2.45, 2.75) is 5.75 Å². The number of halogens is 3. The van der Waals surface area contributed by atoms with Gasteiger partial charge in [0.15, 0.2) is 17.4 Å². The second-order valence-corrected chi connectivity index (χ2v) is 7.52. The van der Waals surface area contributed by atoms with Gasteiger partial charge in [-0.15, -0.1) is 0 Å². The van der Waals surface area contributed by atoms with Gasteiger partial charge in [0.1, 0.15) is 5.75 Å². The SMILES string of the molecule is Nc1oc(-c2ccc(Cl)cc2)c(O)c1OS(=O)(=O)Cc1ccc(F)c(F)c1. The summed E-state index contributed by atoms with van der Waals surface area (Å²) in [7, 11) is -4.35. The van der Waals surface area contributed by atoms with Crippen molar-refractivity contribution in [3.8, 4) is 22.8 Å². The average Bonchev–Trinajstić information content (AvgIpc) is 2.86. The van der Waals surface area contributed by atoms with E-state index in [-0.39, 0.29) is 11.3 Å². The van der Waals surface area contributed by atoms with Crippen LogP contribution in [0.5, 0.6) is 11.5 Å². The summed E-state index contributed by atoms with van der Waals surface area (Å²) in [6, 6.07) is 8.75. The first-order valence-electron chi connectivity index (χ1n) is 7.39. The molecule has 3 rings (SSSR count). The van der Waals surface area contributed by atoms with Gasteiger partial charge in [-0.2, -0.15) is 8.42 Å². The molecule has 0 amide bonds. The van der Waals surface area contributed by atoms with Crippen LogP contribution >= 0.6 is 11.6 Å². The van der Waals surface area contributed by atoms with Crippen LogP contribution in [0.2, 0.25) is 5.02 Å². The van der Waals surface area contributed by atoms with Crippen molar-refractivity contribution in [1.82, 2.24) is 0 Å². The highest BCUT2D eigenvalue weighted by molar-refractivity contribution is 7.86. The van der Waals surface area contributed by atoms with Gasteiger partial charge < -0.3 is 19.4 Å². The third-order valence-electron chi connectivity index (χ3n) is 3.51. The van der Waals surface area contributed by atoms with Crippen LogP contribution in [-0.2, 0) is 15.9 Å². The predicted molar refractivity (Wildman–Crippen MR) is 94.8 cm³/mol. The molecule has 1 heterocycles. The lowest BCUT2D eigenvalue weighted by Gasteiger charge is -2.06. The van der Waals surface area contributed by atoms with Crippen molar-refractivity contribution in [2.24, 2.45) is 0 Å². The van der Waals surface area contributed by atoms with Gasteiger partial charge in [0, 0.05) is 10.6 Å². The van der Waals surface area contributed by atoms with E-state index < -0.39 is 44.9 Å². The molecule has 0 atom stereocenters. The predicted octanol–water partition coefficient (Wildman–Crippen LogP) is 4.07. The Labute approximate surface area is 157 Å². The topological polar surface area (TPSA) is 103 Å². The lowest BCUT2D eigenvalue weighted by Crippen LogP contribution is -2.13. The third kappa shape index (κ3) is 4.15. The van der Waals surface area contributed by atoms with Crippen LogP contribution in [0.15, 0.2) is 46.9 Å². The number of nitrogen functional groups attached to an aromatic ring is 1. The summed E-state index contributed by atoms with van der Waals surface area (Å²) in [5.41, 5.74) is 5.94. The molecule has 0 radical (unpaired) electrons. The number of hydrogen-bond acceptors (Lipinski definition) is 6. The molecule has 0 bridgehead atoms. The Hall–Kier alpha value is -2.78. The molecule has 0 unspecified atom stereocenters. The van der Waals surface area contributed by atoms with Crippen LogP contribution < -0.4 is 9.92 Å². The van der Waals surface area contributed by atoms with E-state index in [1.807, 2.05) is 0 Å². The molecule has 0 saturated heterocycles. The van der Waals surface area contributed by atoms with Crippen molar-refractivity contribution >= 4 is 27.6 Å². The van der Waals surface area contributed by atoms with E-state index in [0.29, 0.717) is 10.6 Å². The first kappa shape index (κ1) is 19.0. The summed E-state index contributed by atoms with van der Waals surface area (Å²) < 4.78 is 60.6. The minimum absolute atomic E-state index is 0.0478. The normalized spacial score (nSPS) is 11.5. The molecule has 3 aromatic rings. The van der Waals surface area contributed by atoms with Crippen molar-refractivity contribution in [1.29, 1.82) is 0 Å². The molecule has 6 nitrogen and oxygen atoms in total. The van der Waals surface area contributed by atoms with E-state index >= 15 is 0 Å².